The fourth-order valence-corrected chi connectivity index (χ4v) is 2.88. The van der Waals surface area contributed by atoms with Crippen molar-refractivity contribution in [3.63, 3.8) is 0 Å². The van der Waals surface area contributed by atoms with E-state index in [1.54, 1.807) is 12.3 Å². The number of rotatable bonds is 3. The zero-order valence-electron chi connectivity index (χ0n) is 12.1. The van der Waals surface area contributed by atoms with E-state index in [9.17, 15) is 4.79 Å². The molecule has 0 spiro atoms. The molecule has 5 nitrogen and oxygen atoms in total. The van der Waals surface area contributed by atoms with Gasteiger partial charge < -0.3 is 10.2 Å². The molecule has 1 N–H and O–H groups in total. The molecule has 1 aromatic heterocycles. The molecule has 2 aliphatic rings. The van der Waals surface area contributed by atoms with Crippen LogP contribution in [0.5, 0.6) is 0 Å². The number of carbonyl (C=O) groups excluding carboxylic acids is 1. The quantitative estimate of drug-likeness (QED) is 0.919. The fraction of sp³-hybridized carbons (Fsp3) is 0.562. The summed E-state index contributed by atoms with van der Waals surface area (Å²) in [5.74, 6) is 1.43. The molecule has 5 heteroatoms. The Morgan fingerprint density at radius 3 is 2.57 bits per heavy atom. The van der Waals surface area contributed by atoms with E-state index in [4.69, 9.17) is 5.26 Å². The maximum Gasteiger partial charge on any atom is 0.223 e. The number of aromatic nitrogens is 1. The molecule has 21 heavy (non-hydrogen) atoms. The Labute approximate surface area is 125 Å². The summed E-state index contributed by atoms with van der Waals surface area (Å²) in [5, 5.41) is 12.0. The van der Waals surface area contributed by atoms with E-state index in [1.165, 1.54) is 6.42 Å². The van der Waals surface area contributed by atoms with Gasteiger partial charge in [-0.25, -0.2) is 4.98 Å². The highest BCUT2D eigenvalue weighted by molar-refractivity contribution is 5.79. The molecule has 0 aromatic carbocycles. The Bertz CT molecular complexity index is 536. The molecule has 0 radical (unpaired) electrons. The van der Waals surface area contributed by atoms with Crippen molar-refractivity contribution >= 4 is 11.7 Å². The molecule has 3 rings (SSSR count). The molecule has 0 unspecified atom stereocenters. The summed E-state index contributed by atoms with van der Waals surface area (Å²) in [7, 11) is 0. The first-order valence-electron chi connectivity index (χ1n) is 7.68. The van der Waals surface area contributed by atoms with Crippen molar-refractivity contribution < 1.29 is 4.79 Å². The summed E-state index contributed by atoms with van der Waals surface area (Å²) >= 11 is 0. The van der Waals surface area contributed by atoms with Gasteiger partial charge in [0.15, 0.2) is 0 Å². The Kier molecular flexibility index (Phi) is 4.05. The molecule has 1 aliphatic carbocycles. The average molecular weight is 284 g/mol. The minimum atomic E-state index is 0.246. The van der Waals surface area contributed by atoms with E-state index in [0.29, 0.717) is 11.6 Å². The highest BCUT2D eigenvalue weighted by Gasteiger charge is 2.28. The van der Waals surface area contributed by atoms with Crippen LogP contribution in [0.15, 0.2) is 18.3 Å². The first kappa shape index (κ1) is 13.9. The standard InChI is InChI=1S/C16H20N4O/c17-10-12-4-5-15(18-11-12)20-8-6-14(7-9-20)19-16(21)13-2-1-3-13/h4-5,11,13-14H,1-3,6-9H2,(H,19,21). The van der Waals surface area contributed by atoms with E-state index < -0.39 is 0 Å². The lowest BCUT2D eigenvalue weighted by Gasteiger charge is -2.34. The zero-order valence-corrected chi connectivity index (χ0v) is 12.1. The van der Waals surface area contributed by atoms with Gasteiger partial charge in [0.25, 0.3) is 0 Å². The SMILES string of the molecule is N#Cc1ccc(N2CCC(NC(=O)C3CCC3)CC2)nc1. The maximum absolute atomic E-state index is 11.9. The van der Waals surface area contributed by atoms with Gasteiger partial charge >= 0.3 is 0 Å². The van der Waals surface area contributed by atoms with Gasteiger partial charge in [0, 0.05) is 31.2 Å². The number of carbonyl (C=O) groups is 1. The summed E-state index contributed by atoms with van der Waals surface area (Å²) in [4.78, 5) is 18.5. The summed E-state index contributed by atoms with van der Waals surface area (Å²) < 4.78 is 0. The van der Waals surface area contributed by atoms with Crippen LogP contribution in [-0.4, -0.2) is 30.0 Å². The molecule has 0 bridgehead atoms. The van der Waals surface area contributed by atoms with Crippen molar-refractivity contribution in [1.29, 1.82) is 5.26 Å². The third-order valence-corrected chi connectivity index (χ3v) is 4.52. The molecule has 0 atom stereocenters. The maximum atomic E-state index is 11.9. The molecule has 2 fully saturated rings. The molecule has 2 heterocycles. The number of nitrogens with one attached hydrogen (secondary N) is 1. The van der Waals surface area contributed by atoms with Gasteiger partial charge in [-0.15, -0.1) is 0 Å². The smallest absolute Gasteiger partial charge is 0.223 e. The predicted octanol–water partition coefficient (Wildman–Crippen LogP) is 1.84. The lowest BCUT2D eigenvalue weighted by Crippen LogP contribution is -2.47. The number of pyridine rings is 1. The van der Waals surface area contributed by atoms with Crippen LogP contribution < -0.4 is 10.2 Å². The van der Waals surface area contributed by atoms with E-state index in [0.717, 1.165) is 44.6 Å². The minimum absolute atomic E-state index is 0.246. The molecular weight excluding hydrogens is 264 g/mol. The van der Waals surface area contributed by atoms with E-state index in [1.807, 2.05) is 6.07 Å². The number of amides is 1. The van der Waals surface area contributed by atoms with E-state index in [-0.39, 0.29) is 11.8 Å². The van der Waals surface area contributed by atoms with Crippen molar-refractivity contribution in [2.75, 3.05) is 18.0 Å². The van der Waals surface area contributed by atoms with Gasteiger partial charge in [0.05, 0.1) is 5.56 Å². The second-order valence-corrected chi connectivity index (χ2v) is 5.91. The van der Waals surface area contributed by atoms with Crippen LogP contribution >= 0.6 is 0 Å². The Balaban J connectivity index is 1.50. The van der Waals surface area contributed by atoms with Gasteiger partial charge in [-0.05, 0) is 37.8 Å². The zero-order chi connectivity index (χ0) is 14.7. The van der Waals surface area contributed by atoms with Gasteiger partial charge in [0.1, 0.15) is 11.9 Å². The van der Waals surface area contributed by atoms with Crippen molar-refractivity contribution in [3.05, 3.63) is 23.9 Å². The van der Waals surface area contributed by atoms with Crippen molar-refractivity contribution in [2.24, 2.45) is 5.92 Å². The molecule has 1 saturated carbocycles. The number of nitrogens with zero attached hydrogens (tertiary/aromatic N) is 3. The monoisotopic (exact) mass is 284 g/mol. The Morgan fingerprint density at radius 2 is 2.05 bits per heavy atom. The van der Waals surface area contributed by atoms with E-state index >= 15 is 0 Å². The second kappa shape index (κ2) is 6.13. The summed E-state index contributed by atoms with van der Waals surface area (Å²) in [5.41, 5.74) is 0.585. The van der Waals surface area contributed by atoms with Gasteiger partial charge in [-0.1, -0.05) is 6.42 Å². The summed E-state index contributed by atoms with van der Waals surface area (Å²) in [6.45, 7) is 1.79. The van der Waals surface area contributed by atoms with E-state index in [2.05, 4.69) is 21.3 Å². The Hall–Kier alpha value is -2.09. The molecular formula is C16H20N4O. The van der Waals surface area contributed by atoms with Crippen molar-refractivity contribution in [1.82, 2.24) is 10.3 Å². The van der Waals surface area contributed by atoms with Gasteiger partial charge in [-0.3, -0.25) is 4.79 Å². The highest BCUT2D eigenvalue weighted by Crippen LogP contribution is 2.27. The Morgan fingerprint density at radius 1 is 1.29 bits per heavy atom. The van der Waals surface area contributed by atoms with Crippen LogP contribution in [0.2, 0.25) is 0 Å². The largest absolute Gasteiger partial charge is 0.356 e. The van der Waals surface area contributed by atoms with Crippen LogP contribution in [0.3, 0.4) is 0 Å². The third-order valence-electron chi connectivity index (χ3n) is 4.52. The first-order valence-corrected chi connectivity index (χ1v) is 7.68. The van der Waals surface area contributed by atoms with Crippen molar-refractivity contribution in [3.8, 4) is 6.07 Å². The lowest BCUT2D eigenvalue weighted by molar-refractivity contribution is -0.128. The average Bonchev–Trinajstić information content (AvgIpc) is 2.46. The number of piperidine rings is 1. The number of nitriles is 1. The van der Waals surface area contributed by atoms with Crippen LogP contribution in [0.1, 0.15) is 37.7 Å². The molecule has 1 aliphatic heterocycles. The predicted molar refractivity (Wildman–Crippen MR) is 79.7 cm³/mol. The van der Waals surface area contributed by atoms with Crippen LogP contribution in [0.4, 0.5) is 5.82 Å². The number of anilines is 1. The van der Waals surface area contributed by atoms with Crippen LogP contribution in [0.25, 0.3) is 0 Å². The van der Waals surface area contributed by atoms with Crippen LogP contribution in [0, 0.1) is 17.2 Å². The first-order chi connectivity index (χ1) is 10.3. The lowest BCUT2D eigenvalue weighted by atomic mass is 9.84. The van der Waals surface area contributed by atoms with Crippen molar-refractivity contribution in [2.45, 2.75) is 38.1 Å². The molecule has 1 amide bonds. The summed E-state index contributed by atoms with van der Waals surface area (Å²) in [6, 6.07) is 6.07. The highest BCUT2D eigenvalue weighted by atomic mass is 16.2. The molecule has 1 saturated heterocycles. The minimum Gasteiger partial charge on any atom is -0.356 e. The summed E-state index contributed by atoms with van der Waals surface area (Å²) in [6.07, 6.45) is 6.83. The topological polar surface area (TPSA) is 69.0 Å². The molecule has 110 valence electrons. The third kappa shape index (κ3) is 3.15. The normalized spacial score (nSPS) is 19.7. The molecule has 1 aromatic rings. The second-order valence-electron chi connectivity index (χ2n) is 5.91. The van der Waals surface area contributed by atoms with Gasteiger partial charge in [0.2, 0.25) is 5.91 Å². The van der Waals surface area contributed by atoms with Gasteiger partial charge in [-0.2, -0.15) is 5.26 Å². The van der Waals surface area contributed by atoms with Crippen LogP contribution in [-0.2, 0) is 4.79 Å². The number of hydrogen-bond acceptors (Lipinski definition) is 4. The fourth-order valence-electron chi connectivity index (χ4n) is 2.88. The number of hydrogen-bond donors (Lipinski definition) is 1.